The fourth-order valence-corrected chi connectivity index (χ4v) is 3.71. The number of carbonyl (C=O) groups excluding carboxylic acids is 2. The van der Waals surface area contributed by atoms with Crippen LogP contribution in [-0.4, -0.2) is 41.1 Å². The Bertz CT molecular complexity index is 906. The monoisotopic (exact) mass is 439 g/mol. The average molecular weight is 440 g/mol. The number of hydrogen-bond donors (Lipinski definition) is 1. The SMILES string of the molecule is CC[C@@]1(c2ccc(Cl)cc2)NC(=O)N(CN(Cc2ccccc2)CC(F)(F)F)C1=O. The molecule has 0 spiro atoms. The van der Waals surface area contributed by atoms with Crippen molar-refractivity contribution < 1.29 is 22.8 Å². The molecule has 30 heavy (non-hydrogen) atoms. The van der Waals surface area contributed by atoms with E-state index in [-0.39, 0.29) is 13.0 Å². The molecule has 1 heterocycles. The highest BCUT2D eigenvalue weighted by Gasteiger charge is 2.51. The Kier molecular flexibility index (Phi) is 6.38. The normalized spacial score (nSPS) is 19.5. The summed E-state index contributed by atoms with van der Waals surface area (Å²) in [5, 5.41) is 3.14. The molecule has 2 aromatic rings. The van der Waals surface area contributed by atoms with E-state index in [0.717, 1.165) is 9.80 Å². The van der Waals surface area contributed by atoms with Crippen LogP contribution >= 0.6 is 11.6 Å². The number of rotatable bonds is 7. The topological polar surface area (TPSA) is 52.7 Å². The summed E-state index contributed by atoms with van der Waals surface area (Å²) < 4.78 is 39.4. The van der Waals surface area contributed by atoms with Crippen molar-refractivity contribution in [3.05, 3.63) is 70.7 Å². The van der Waals surface area contributed by atoms with E-state index in [1.54, 1.807) is 61.5 Å². The summed E-state index contributed by atoms with van der Waals surface area (Å²) in [5.41, 5.74) is -0.160. The van der Waals surface area contributed by atoms with Gasteiger partial charge in [-0.2, -0.15) is 13.2 Å². The standard InChI is InChI=1S/C21H21ClF3N3O2/c1-2-20(16-8-10-17(22)11-9-16)18(29)28(19(30)26-20)14-27(13-21(23,24)25)12-15-6-4-3-5-7-15/h3-11H,2,12-14H2,1H3,(H,26,30)/t20-/m0/s1. The molecule has 1 aliphatic rings. The van der Waals surface area contributed by atoms with Gasteiger partial charge in [-0.05, 0) is 29.7 Å². The van der Waals surface area contributed by atoms with Crippen LogP contribution in [0.25, 0.3) is 0 Å². The van der Waals surface area contributed by atoms with Crippen molar-refractivity contribution in [3.8, 4) is 0 Å². The first-order chi connectivity index (χ1) is 14.1. The molecular weight excluding hydrogens is 419 g/mol. The van der Waals surface area contributed by atoms with Gasteiger partial charge in [-0.1, -0.05) is 61.0 Å². The first-order valence-corrected chi connectivity index (χ1v) is 9.75. The van der Waals surface area contributed by atoms with Crippen molar-refractivity contribution in [2.45, 2.75) is 31.6 Å². The van der Waals surface area contributed by atoms with Crippen LogP contribution in [-0.2, 0) is 16.9 Å². The fraction of sp³-hybridized carbons (Fsp3) is 0.333. The number of amides is 3. The second-order valence-corrected chi connectivity index (χ2v) is 7.59. The zero-order valence-electron chi connectivity index (χ0n) is 16.2. The van der Waals surface area contributed by atoms with E-state index in [1.807, 2.05) is 0 Å². The summed E-state index contributed by atoms with van der Waals surface area (Å²) in [6.07, 6.45) is -4.24. The number of carbonyl (C=O) groups is 2. The van der Waals surface area contributed by atoms with Gasteiger partial charge in [-0.3, -0.25) is 9.69 Å². The average Bonchev–Trinajstić information content (AvgIpc) is 2.93. The molecule has 3 amide bonds. The zero-order chi connectivity index (χ0) is 21.9. The second kappa shape index (κ2) is 8.65. The highest BCUT2D eigenvalue weighted by molar-refractivity contribution is 6.30. The number of hydrogen-bond acceptors (Lipinski definition) is 3. The van der Waals surface area contributed by atoms with Gasteiger partial charge < -0.3 is 5.32 Å². The number of imide groups is 1. The molecular formula is C21H21ClF3N3O2. The van der Waals surface area contributed by atoms with E-state index < -0.39 is 36.9 Å². The number of nitrogens with zero attached hydrogens (tertiary/aromatic N) is 2. The van der Waals surface area contributed by atoms with Gasteiger partial charge in [-0.25, -0.2) is 9.69 Å². The molecule has 1 aliphatic heterocycles. The molecule has 9 heteroatoms. The van der Waals surface area contributed by atoms with Crippen LogP contribution in [0.15, 0.2) is 54.6 Å². The smallest absolute Gasteiger partial charge is 0.319 e. The molecule has 0 radical (unpaired) electrons. The van der Waals surface area contributed by atoms with Crippen molar-refractivity contribution in [1.82, 2.24) is 15.1 Å². The minimum Gasteiger partial charge on any atom is -0.319 e. The van der Waals surface area contributed by atoms with Crippen LogP contribution in [0.5, 0.6) is 0 Å². The van der Waals surface area contributed by atoms with E-state index in [2.05, 4.69) is 5.32 Å². The van der Waals surface area contributed by atoms with Gasteiger partial charge in [0, 0.05) is 11.6 Å². The first-order valence-electron chi connectivity index (χ1n) is 9.38. The molecule has 0 bridgehead atoms. The van der Waals surface area contributed by atoms with E-state index >= 15 is 0 Å². The lowest BCUT2D eigenvalue weighted by Gasteiger charge is -2.29. The lowest BCUT2D eigenvalue weighted by atomic mass is 9.87. The number of alkyl halides is 3. The minimum atomic E-state index is -4.48. The molecule has 1 N–H and O–H groups in total. The van der Waals surface area contributed by atoms with Crippen LogP contribution < -0.4 is 5.32 Å². The second-order valence-electron chi connectivity index (χ2n) is 7.16. The van der Waals surface area contributed by atoms with Crippen molar-refractivity contribution in [3.63, 3.8) is 0 Å². The third-order valence-electron chi connectivity index (χ3n) is 5.04. The quantitative estimate of drug-likeness (QED) is 0.645. The number of nitrogens with one attached hydrogen (secondary N) is 1. The van der Waals surface area contributed by atoms with E-state index in [1.165, 1.54) is 0 Å². The van der Waals surface area contributed by atoms with Crippen molar-refractivity contribution >= 4 is 23.5 Å². The maximum absolute atomic E-state index is 13.2. The Hall–Kier alpha value is -2.58. The molecule has 3 rings (SSSR count). The number of halogens is 4. The van der Waals surface area contributed by atoms with Gasteiger partial charge in [0.05, 0.1) is 13.2 Å². The van der Waals surface area contributed by atoms with Gasteiger partial charge >= 0.3 is 12.2 Å². The Morgan fingerprint density at radius 3 is 2.27 bits per heavy atom. The number of urea groups is 1. The Balaban J connectivity index is 1.86. The van der Waals surface area contributed by atoms with Gasteiger partial charge in [0.25, 0.3) is 5.91 Å². The molecule has 1 atom stereocenters. The third kappa shape index (κ3) is 4.76. The first kappa shape index (κ1) is 22.1. The van der Waals surface area contributed by atoms with Crippen LogP contribution in [0.1, 0.15) is 24.5 Å². The van der Waals surface area contributed by atoms with Crippen LogP contribution in [0.2, 0.25) is 5.02 Å². The van der Waals surface area contributed by atoms with Gasteiger partial charge in [0.2, 0.25) is 0 Å². The summed E-state index contributed by atoms with van der Waals surface area (Å²) in [4.78, 5) is 27.7. The molecule has 0 aromatic heterocycles. The van der Waals surface area contributed by atoms with Gasteiger partial charge in [-0.15, -0.1) is 0 Å². The third-order valence-corrected chi connectivity index (χ3v) is 5.29. The summed E-state index contributed by atoms with van der Waals surface area (Å²) in [5.74, 6) is -0.586. The van der Waals surface area contributed by atoms with Crippen LogP contribution in [0.3, 0.4) is 0 Å². The Morgan fingerprint density at radius 2 is 1.70 bits per heavy atom. The fourth-order valence-electron chi connectivity index (χ4n) is 3.58. The summed E-state index contributed by atoms with van der Waals surface area (Å²) in [6.45, 7) is -0.0569. The molecule has 1 fully saturated rings. The Labute approximate surface area is 177 Å². The molecule has 0 aliphatic carbocycles. The minimum absolute atomic E-state index is 0.0581. The maximum atomic E-state index is 13.2. The van der Waals surface area contributed by atoms with E-state index in [9.17, 15) is 22.8 Å². The molecule has 2 aromatic carbocycles. The van der Waals surface area contributed by atoms with Crippen molar-refractivity contribution in [2.75, 3.05) is 13.2 Å². The molecule has 1 saturated heterocycles. The molecule has 0 saturated carbocycles. The van der Waals surface area contributed by atoms with Crippen LogP contribution in [0, 0.1) is 0 Å². The zero-order valence-corrected chi connectivity index (χ0v) is 17.0. The van der Waals surface area contributed by atoms with Crippen molar-refractivity contribution in [2.24, 2.45) is 0 Å². The number of benzene rings is 2. The largest absolute Gasteiger partial charge is 0.401 e. The predicted octanol–water partition coefficient (Wildman–Crippen LogP) is 4.52. The highest BCUT2D eigenvalue weighted by atomic mass is 35.5. The van der Waals surface area contributed by atoms with Gasteiger partial charge in [0.15, 0.2) is 0 Å². The lowest BCUT2D eigenvalue weighted by molar-refractivity contribution is -0.154. The summed E-state index contributed by atoms with van der Waals surface area (Å²) in [6, 6.07) is 14.3. The summed E-state index contributed by atoms with van der Waals surface area (Å²) >= 11 is 5.91. The maximum Gasteiger partial charge on any atom is 0.401 e. The molecule has 5 nitrogen and oxygen atoms in total. The molecule has 160 valence electrons. The highest BCUT2D eigenvalue weighted by Crippen LogP contribution is 2.33. The van der Waals surface area contributed by atoms with Crippen LogP contribution in [0.4, 0.5) is 18.0 Å². The van der Waals surface area contributed by atoms with Crippen molar-refractivity contribution in [1.29, 1.82) is 0 Å². The summed E-state index contributed by atoms with van der Waals surface area (Å²) in [7, 11) is 0. The molecule has 0 unspecified atom stereocenters. The predicted molar refractivity (Wildman–Crippen MR) is 107 cm³/mol. The Morgan fingerprint density at radius 1 is 1.07 bits per heavy atom. The lowest BCUT2D eigenvalue weighted by Crippen LogP contribution is -2.46. The van der Waals surface area contributed by atoms with E-state index in [0.29, 0.717) is 16.1 Å². The van der Waals surface area contributed by atoms with Gasteiger partial charge in [0.1, 0.15) is 5.54 Å². The van der Waals surface area contributed by atoms with E-state index in [4.69, 9.17) is 11.6 Å².